The Hall–Kier alpha value is -1.62. The van der Waals surface area contributed by atoms with E-state index >= 15 is 0 Å². The zero-order valence-corrected chi connectivity index (χ0v) is 13.9. The number of carbonyl (C=O) groups is 1. The number of hydrogen-bond acceptors (Lipinski definition) is 4. The summed E-state index contributed by atoms with van der Waals surface area (Å²) in [4.78, 5) is 16.2. The summed E-state index contributed by atoms with van der Waals surface area (Å²) in [7, 11) is 0. The average Bonchev–Trinajstić information content (AvgIpc) is 3.26. The Bertz CT molecular complexity index is 480. The molecular formula is C17H27N3O2. The van der Waals surface area contributed by atoms with Crippen molar-refractivity contribution in [1.82, 2.24) is 15.6 Å². The first-order chi connectivity index (χ1) is 10.3. The number of carbonyl (C=O) groups excluding carboxylic acids is 1. The Balaban J connectivity index is 1.84. The largest absolute Gasteiger partial charge is 0.444 e. The summed E-state index contributed by atoms with van der Waals surface area (Å²) in [5.41, 5.74) is 0.554. The number of nitrogens with one attached hydrogen (secondary N) is 2. The predicted molar refractivity (Wildman–Crippen MR) is 86.5 cm³/mol. The van der Waals surface area contributed by atoms with Gasteiger partial charge in [0, 0.05) is 24.8 Å². The predicted octanol–water partition coefficient (Wildman–Crippen LogP) is 3.04. The first kappa shape index (κ1) is 16.7. The molecule has 1 aromatic rings. The van der Waals surface area contributed by atoms with Crippen LogP contribution in [0, 0.1) is 5.92 Å². The van der Waals surface area contributed by atoms with Gasteiger partial charge in [-0.05, 0) is 58.6 Å². The Morgan fingerprint density at radius 2 is 2.14 bits per heavy atom. The van der Waals surface area contributed by atoms with Crippen molar-refractivity contribution >= 4 is 6.09 Å². The van der Waals surface area contributed by atoms with Crippen LogP contribution in [0.15, 0.2) is 24.4 Å². The van der Waals surface area contributed by atoms with Gasteiger partial charge >= 0.3 is 6.09 Å². The van der Waals surface area contributed by atoms with Crippen LogP contribution in [0.1, 0.15) is 52.3 Å². The molecule has 5 heteroatoms. The normalized spacial score (nSPS) is 17.6. The van der Waals surface area contributed by atoms with Gasteiger partial charge in [-0.25, -0.2) is 4.79 Å². The van der Waals surface area contributed by atoms with Crippen LogP contribution in [0.2, 0.25) is 0 Å². The molecule has 0 saturated heterocycles. The standard InChI is InChI=1S/C17H27N3O2/c1-12(14-7-5-6-10-18-14)20-15(13-8-9-13)11-19-16(21)22-17(2,3)4/h5-7,10,12-13,15,20H,8-9,11H2,1-4H3,(H,19,21). The molecule has 0 aliphatic heterocycles. The maximum atomic E-state index is 11.8. The fourth-order valence-corrected chi connectivity index (χ4v) is 2.41. The number of aromatic nitrogens is 1. The van der Waals surface area contributed by atoms with Crippen LogP contribution in [-0.4, -0.2) is 29.3 Å². The van der Waals surface area contributed by atoms with Gasteiger partial charge in [0.2, 0.25) is 0 Å². The lowest BCUT2D eigenvalue weighted by Gasteiger charge is -2.25. The Morgan fingerprint density at radius 1 is 1.41 bits per heavy atom. The summed E-state index contributed by atoms with van der Waals surface area (Å²) in [6.45, 7) is 8.28. The summed E-state index contributed by atoms with van der Waals surface area (Å²) in [5, 5.41) is 6.45. The number of hydrogen-bond donors (Lipinski definition) is 2. The molecule has 1 aliphatic rings. The van der Waals surface area contributed by atoms with E-state index in [9.17, 15) is 4.79 Å². The van der Waals surface area contributed by atoms with E-state index < -0.39 is 5.60 Å². The lowest BCUT2D eigenvalue weighted by molar-refractivity contribution is 0.0520. The van der Waals surface area contributed by atoms with Gasteiger partial charge in [-0.2, -0.15) is 0 Å². The Morgan fingerprint density at radius 3 is 2.68 bits per heavy atom. The van der Waals surface area contributed by atoms with E-state index in [4.69, 9.17) is 4.74 Å². The van der Waals surface area contributed by atoms with Crippen LogP contribution < -0.4 is 10.6 Å². The second-order valence-electron chi connectivity index (χ2n) is 6.97. The topological polar surface area (TPSA) is 63.2 Å². The van der Waals surface area contributed by atoms with Crippen molar-refractivity contribution in [2.45, 2.75) is 58.2 Å². The van der Waals surface area contributed by atoms with E-state index in [1.54, 1.807) is 6.20 Å². The molecule has 1 aromatic heterocycles. The fourth-order valence-electron chi connectivity index (χ4n) is 2.41. The summed E-state index contributed by atoms with van der Waals surface area (Å²) in [6.07, 6.45) is 3.87. The molecule has 1 aliphatic carbocycles. The lowest BCUT2D eigenvalue weighted by Crippen LogP contribution is -2.44. The average molecular weight is 305 g/mol. The monoisotopic (exact) mass is 305 g/mol. The van der Waals surface area contributed by atoms with Gasteiger partial charge in [0.25, 0.3) is 0 Å². The molecule has 1 saturated carbocycles. The van der Waals surface area contributed by atoms with Crippen molar-refractivity contribution in [3.05, 3.63) is 30.1 Å². The van der Waals surface area contributed by atoms with Gasteiger partial charge in [0.05, 0.1) is 5.69 Å². The third-order valence-electron chi connectivity index (χ3n) is 3.65. The van der Waals surface area contributed by atoms with Crippen molar-refractivity contribution in [2.75, 3.05) is 6.54 Å². The molecule has 5 nitrogen and oxygen atoms in total. The SMILES string of the molecule is CC(NC(CNC(=O)OC(C)(C)C)C1CC1)c1ccccn1. The van der Waals surface area contributed by atoms with Crippen LogP contribution >= 0.6 is 0 Å². The van der Waals surface area contributed by atoms with Gasteiger partial charge in [0.1, 0.15) is 5.60 Å². The minimum atomic E-state index is -0.464. The fraction of sp³-hybridized carbons (Fsp3) is 0.647. The zero-order chi connectivity index (χ0) is 16.2. The third-order valence-corrected chi connectivity index (χ3v) is 3.65. The number of nitrogens with zero attached hydrogens (tertiary/aromatic N) is 1. The van der Waals surface area contributed by atoms with E-state index in [-0.39, 0.29) is 18.2 Å². The molecule has 2 atom stereocenters. The maximum absolute atomic E-state index is 11.8. The van der Waals surface area contributed by atoms with Gasteiger partial charge in [-0.15, -0.1) is 0 Å². The van der Waals surface area contributed by atoms with Crippen LogP contribution in [0.3, 0.4) is 0 Å². The molecule has 0 aromatic carbocycles. The highest BCUT2D eigenvalue weighted by Crippen LogP contribution is 2.33. The maximum Gasteiger partial charge on any atom is 0.407 e. The molecule has 1 amide bonds. The molecule has 22 heavy (non-hydrogen) atoms. The molecule has 2 N–H and O–H groups in total. The summed E-state index contributed by atoms with van der Waals surface area (Å²) in [5.74, 6) is 0.626. The van der Waals surface area contributed by atoms with Gasteiger partial charge in [-0.3, -0.25) is 4.98 Å². The quantitative estimate of drug-likeness (QED) is 0.848. The second kappa shape index (κ2) is 7.09. The molecule has 0 radical (unpaired) electrons. The van der Waals surface area contributed by atoms with E-state index in [0.29, 0.717) is 12.5 Å². The minimum absolute atomic E-state index is 0.159. The minimum Gasteiger partial charge on any atom is -0.444 e. The molecular weight excluding hydrogens is 278 g/mol. The first-order valence-corrected chi connectivity index (χ1v) is 7.99. The van der Waals surface area contributed by atoms with Crippen LogP contribution in [0.5, 0.6) is 0 Å². The van der Waals surface area contributed by atoms with Gasteiger partial charge < -0.3 is 15.4 Å². The molecule has 122 valence electrons. The summed E-state index contributed by atoms with van der Waals surface area (Å²) < 4.78 is 5.29. The van der Waals surface area contributed by atoms with Gasteiger partial charge in [0.15, 0.2) is 0 Å². The highest BCUT2D eigenvalue weighted by Gasteiger charge is 2.32. The molecule has 0 bridgehead atoms. The number of pyridine rings is 1. The Labute approximate surface area is 132 Å². The smallest absolute Gasteiger partial charge is 0.407 e. The molecule has 1 fully saturated rings. The van der Waals surface area contributed by atoms with Crippen LogP contribution in [-0.2, 0) is 4.74 Å². The highest BCUT2D eigenvalue weighted by molar-refractivity contribution is 5.67. The van der Waals surface area contributed by atoms with Crippen molar-refractivity contribution in [1.29, 1.82) is 0 Å². The zero-order valence-electron chi connectivity index (χ0n) is 13.9. The molecule has 2 unspecified atom stereocenters. The highest BCUT2D eigenvalue weighted by atomic mass is 16.6. The van der Waals surface area contributed by atoms with E-state index in [2.05, 4.69) is 22.5 Å². The number of ether oxygens (including phenoxy) is 1. The van der Waals surface area contributed by atoms with Crippen molar-refractivity contribution in [3.8, 4) is 0 Å². The second-order valence-corrected chi connectivity index (χ2v) is 6.97. The van der Waals surface area contributed by atoms with Crippen LogP contribution in [0.4, 0.5) is 4.79 Å². The molecule has 0 spiro atoms. The summed E-state index contributed by atoms with van der Waals surface area (Å²) in [6, 6.07) is 6.34. The van der Waals surface area contributed by atoms with Crippen molar-refractivity contribution < 1.29 is 9.53 Å². The molecule has 1 heterocycles. The number of alkyl carbamates (subject to hydrolysis) is 1. The molecule has 2 rings (SSSR count). The number of rotatable bonds is 6. The van der Waals surface area contributed by atoms with Crippen LogP contribution in [0.25, 0.3) is 0 Å². The van der Waals surface area contributed by atoms with E-state index in [1.165, 1.54) is 12.8 Å². The van der Waals surface area contributed by atoms with E-state index in [1.807, 2.05) is 39.0 Å². The summed E-state index contributed by atoms with van der Waals surface area (Å²) >= 11 is 0. The van der Waals surface area contributed by atoms with E-state index in [0.717, 1.165) is 5.69 Å². The number of amides is 1. The first-order valence-electron chi connectivity index (χ1n) is 7.99. The lowest BCUT2D eigenvalue weighted by atomic mass is 10.1. The van der Waals surface area contributed by atoms with Crippen molar-refractivity contribution in [3.63, 3.8) is 0 Å². The third kappa shape index (κ3) is 5.64. The Kier molecular flexibility index (Phi) is 5.40. The van der Waals surface area contributed by atoms with Crippen molar-refractivity contribution in [2.24, 2.45) is 5.92 Å². The van der Waals surface area contributed by atoms with Gasteiger partial charge in [-0.1, -0.05) is 6.07 Å².